The predicted octanol–water partition coefficient (Wildman–Crippen LogP) is 4.27. The molecule has 19 heavy (non-hydrogen) atoms. The van der Waals surface area contributed by atoms with Gasteiger partial charge in [0.15, 0.2) is 0 Å². The van der Waals surface area contributed by atoms with Crippen LogP contribution in [0.25, 0.3) is 16.7 Å². The van der Waals surface area contributed by atoms with Crippen molar-refractivity contribution >= 4 is 48.8 Å². The maximum Gasteiger partial charge on any atom is 0.206 e. The lowest BCUT2D eigenvalue weighted by Crippen LogP contribution is -2.02. The van der Waals surface area contributed by atoms with E-state index in [1.54, 1.807) is 16.7 Å². The summed E-state index contributed by atoms with van der Waals surface area (Å²) in [5.41, 5.74) is 7.76. The molecule has 0 unspecified atom stereocenters. The van der Waals surface area contributed by atoms with Gasteiger partial charge in [0.25, 0.3) is 0 Å². The van der Waals surface area contributed by atoms with Crippen LogP contribution in [0.15, 0.2) is 45.3 Å². The highest BCUT2D eigenvalue weighted by atomic mass is 79.9. The van der Waals surface area contributed by atoms with Crippen LogP contribution in [0.3, 0.4) is 0 Å². The van der Waals surface area contributed by atoms with Gasteiger partial charge in [-0.3, -0.25) is 4.57 Å². The van der Waals surface area contributed by atoms with Gasteiger partial charge in [-0.1, -0.05) is 31.9 Å². The maximum atomic E-state index is 14.1. The van der Waals surface area contributed by atoms with Crippen molar-refractivity contribution in [3.63, 3.8) is 0 Å². The Labute approximate surface area is 125 Å². The predicted molar refractivity (Wildman–Crippen MR) is 80.8 cm³/mol. The van der Waals surface area contributed by atoms with Gasteiger partial charge in [0.1, 0.15) is 5.82 Å². The van der Waals surface area contributed by atoms with Crippen LogP contribution in [0.1, 0.15) is 0 Å². The Balaban J connectivity index is 2.35. The van der Waals surface area contributed by atoms with E-state index in [0.717, 1.165) is 15.5 Å². The fourth-order valence-corrected chi connectivity index (χ4v) is 2.66. The Bertz CT molecular complexity index is 783. The number of benzene rings is 2. The van der Waals surface area contributed by atoms with Crippen LogP contribution in [-0.2, 0) is 0 Å². The molecule has 0 radical (unpaired) electrons. The van der Waals surface area contributed by atoms with E-state index in [1.807, 2.05) is 18.2 Å². The minimum atomic E-state index is -0.361. The minimum absolute atomic E-state index is 0.259. The average molecular weight is 385 g/mol. The van der Waals surface area contributed by atoms with Crippen LogP contribution in [-0.4, -0.2) is 9.55 Å². The number of hydrogen-bond donors (Lipinski definition) is 1. The number of imidazole rings is 1. The lowest BCUT2D eigenvalue weighted by Gasteiger charge is -2.08. The van der Waals surface area contributed by atoms with Crippen LogP contribution in [0, 0.1) is 5.82 Å². The summed E-state index contributed by atoms with van der Waals surface area (Å²) in [5.74, 6) is -0.102. The standard InChI is InChI=1S/C13H8Br2FN3/c14-7-2-4-11(9(16)5-7)19-12-6-8(15)1-3-10(12)18-13(19)17/h1-6H,(H2,17,18). The molecule has 0 aliphatic rings. The smallest absolute Gasteiger partial charge is 0.206 e. The fraction of sp³-hybridized carbons (Fsp3) is 0. The Morgan fingerprint density at radius 1 is 1.05 bits per heavy atom. The molecule has 0 aliphatic carbocycles. The van der Waals surface area contributed by atoms with Crippen LogP contribution in [0.2, 0.25) is 0 Å². The molecule has 1 heterocycles. The van der Waals surface area contributed by atoms with E-state index in [1.165, 1.54) is 6.07 Å². The van der Waals surface area contributed by atoms with E-state index in [9.17, 15) is 4.39 Å². The third-order valence-corrected chi connectivity index (χ3v) is 3.78. The van der Waals surface area contributed by atoms with Gasteiger partial charge in [-0.2, -0.15) is 0 Å². The minimum Gasteiger partial charge on any atom is -0.369 e. The number of anilines is 1. The van der Waals surface area contributed by atoms with E-state index in [0.29, 0.717) is 10.2 Å². The second-order valence-corrected chi connectivity index (χ2v) is 5.87. The highest BCUT2D eigenvalue weighted by Crippen LogP contribution is 2.28. The van der Waals surface area contributed by atoms with Gasteiger partial charge in [-0.05, 0) is 36.4 Å². The summed E-state index contributed by atoms with van der Waals surface area (Å²) in [5, 5.41) is 0. The molecule has 3 aromatic rings. The lowest BCUT2D eigenvalue weighted by molar-refractivity contribution is 0.619. The van der Waals surface area contributed by atoms with E-state index in [2.05, 4.69) is 36.8 Å². The first kappa shape index (κ1) is 12.6. The van der Waals surface area contributed by atoms with Crippen LogP contribution in [0.5, 0.6) is 0 Å². The van der Waals surface area contributed by atoms with E-state index >= 15 is 0 Å². The van der Waals surface area contributed by atoms with Crippen LogP contribution >= 0.6 is 31.9 Å². The number of rotatable bonds is 1. The van der Waals surface area contributed by atoms with Crippen molar-refractivity contribution in [1.82, 2.24) is 9.55 Å². The van der Waals surface area contributed by atoms with Crippen molar-refractivity contribution in [2.75, 3.05) is 5.73 Å². The van der Waals surface area contributed by atoms with Gasteiger partial charge in [0.05, 0.1) is 16.7 Å². The first-order valence-corrected chi connectivity index (χ1v) is 7.04. The third-order valence-electron chi connectivity index (χ3n) is 2.79. The first-order chi connectivity index (χ1) is 9.06. The SMILES string of the molecule is Nc1nc2ccc(Br)cc2n1-c1ccc(Br)cc1F. The Kier molecular flexibility index (Phi) is 3.06. The number of hydrogen-bond acceptors (Lipinski definition) is 2. The van der Waals surface area contributed by atoms with Crippen molar-refractivity contribution in [3.8, 4) is 5.69 Å². The zero-order chi connectivity index (χ0) is 13.6. The Morgan fingerprint density at radius 2 is 1.74 bits per heavy atom. The summed E-state index contributed by atoms with van der Waals surface area (Å²) < 4.78 is 17.2. The Morgan fingerprint density at radius 3 is 2.47 bits per heavy atom. The Hall–Kier alpha value is -1.40. The molecule has 0 aliphatic heterocycles. The van der Waals surface area contributed by atoms with Crippen LogP contribution < -0.4 is 5.73 Å². The second-order valence-electron chi connectivity index (χ2n) is 4.03. The van der Waals surface area contributed by atoms with E-state index in [-0.39, 0.29) is 11.8 Å². The molecule has 2 aromatic carbocycles. The molecule has 3 nitrogen and oxygen atoms in total. The summed E-state index contributed by atoms with van der Waals surface area (Å²) in [6.07, 6.45) is 0. The summed E-state index contributed by atoms with van der Waals surface area (Å²) in [7, 11) is 0. The second kappa shape index (κ2) is 4.61. The molecule has 2 N–H and O–H groups in total. The van der Waals surface area contributed by atoms with E-state index in [4.69, 9.17) is 5.73 Å². The molecular weight excluding hydrogens is 377 g/mol. The van der Waals surface area contributed by atoms with Gasteiger partial charge < -0.3 is 5.73 Å². The number of nitrogen functional groups attached to an aromatic ring is 1. The molecule has 0 bridgehead atoms. The summed E-state index contributed by atoms with van der Waals surface area (Å²) >= 11 is 6.63. The zero-order valence-corrected chi connectivity index (χ0v) is 12.7. The lowest BCUT2D eigenvalue weighted by atomic mass is 10.2. The highest BCUT2D eigenvalue weighted by molar-refractivity contribution is 9.10. The monoisotopic (exact) mass is 383 g/mol. The van der Waals surface area contributed by atoms with Crippen molar-refractivity contribution in [2.45, 2.75) is 0 Å². The van der Waals surface area contributed by atoms with Crippen molar-refractivity contribution in [2.24, 2.45) is 0 Å². The highest BCUT2D eigenvalue weighted by Gasteiger charge is 2.13. The fourth-order valence-electron chi connectivity index (χ4n) is 1.98. The number of halogens is 3. The van der Waals surface area contributed by atoms with Gasteiger partial charge in [0, 0.05) is 8.95 Å². The molecular formula is C13H8Br2FN3. The molecule has 1 aromatic heterocycles. The third kappa shape index (κ3) is 2.15. The molecule has 0 spiro atoms. The molecule has 6 heteroatoms. The number of nitrogens with two attached hydrogens (primary N) is 1. The summed E-state index contributed by atoms with van der Waals surface area (Å²) in [6, 6.07) is 10.4. The number of fused-ring (bicyclic) bond motifs is 1. The van der Waals surface area contributed by atoms with Crippen molar-refractivity contribution in [1.29, 1.82) is 0 Å². The quantitative estimate of drug-likeness (QED) is 0.680. The molecule has 0 saturated heterocycles. The topological polar surface area (TPSA) is 43.8 Å². The largest absolute Gasteiger partial charge is 0.369 e. The number of aromatic nitrogens is 2. The van der Waals surface area contributed by atoms with E-state index < -0.39 is 0 Å². The normalized spacial score (nSPS) is 11.1. The van der Waals surface area contributed by atoms with Gasteiger partial charge in [-0.15, -0.1) is 0 Å². The summed E-state index contributed by atoms with van der Waals surface area (Å²) in [6.45, 7) is 0. The zero-order valence-electron chi connectivity index (χ0n) is 9.57. The molecule has 0 atom stereocenters. The molecule has 0 saturated carbocycles. The van der Waals surface area contributed by atoms with Gasteiger partial charge in [-0.25, -0.2) is 9.37 Å². The molecule has 96 valence electrons. The van der Waals surface area contributed by atoms with Crippen LogP contribution in [0.4, 0.5) is 10.3 Å². The van der Waals surface area contributed by atoms with Gasteiger partial charge >= 0.3 is 0 Å². The maximum absolute atomic E-state index is 14.1. The number of nitrogens with zero attached hydrogens (tertiary/aromatic N) is 2. The molecule has 0 fully saturated rings. The van der Waals surface area contributed by atoms with Crippen molar-refractivity contribution < 1.29 is 4.39 Å². The molecule has 0 amide bonds. The molecule has 3 rings (SSSR count). The summed E-state index contributed by atoms with van der Waals surface area (Å²) in [4.78, 5) is 4.24. The first-order valence-electron chi connectivity index (χ1n) is 5.45. The van der Waals surface area contributed by atoms with Crippen molar-refractivity contribution in [3.05, 3.63) is 51.2 Å². The average Bonchev–Trinajstić information content (AvgIpc) is 2.65. The van der Waals surface area contributed by atoms with Gasteiger partial charge in [0.2, 0.25) is 5.95 Å².